The van der Waals surface area contributed by atoms with E-state index >= 15 is 0 Å². The zero-order valence-electron chi connectivity index (χ0n) is 18.9. The van der Waals surface area contributed by atoms with Crippen LogP contribution >= 0.6 is 11.6 Å². The fourth-order valence-electron chi connectivity index (χ4n) is 4.33. The molecule has 1 N–H and O–H groups in total. The van der Waals surface area contributed by atoms with Crippen molar-refractivity contribution in [3.05, 3.63) is 22.7 Å². The standard InChI is InChI=1S/C24H35ClN2O4/c1-16(2)15-31-22-20(25)13-18(14-21(22)30-3)24(29)27-11-9-19(10-12-27)26-23(28)17-7-5-4-6-8-17/h13-14,16-17,19H,4-12,15H2,1-3H3,(H,26,28). The normalized spacial score (nSPS) is 18.2. The summed E-state index contributed by atoms with van der Waals surface area (Å²) in [5.74, 6) is 1.57. The van der Waals surface area contributed by atoms with Crippen LogP contribution in [-0.2, 0) is 4.79 Å². The lowest BCUT2D eigenvalue weighted by Gasteiger charge is -2.33. The average Bonchev–Trinajstić information content (AvgIpc) is 2.78. The number of rotatable bonds is 7. The lowest BCUT2D eigenvalue weighted by atomic mass is 9.88. The van der Waals surface area contributed by atoms with Gasteiger partial charge in [0.1, 0.15) is 0 Å². The summed E-state index contributed by atoms with van der Waals surface area (Å²) >= 11 is 6.41. The number of hydrogen-bond acceptors (Lipinski definition) is 4. The van der Waals surface area contributed by atoms with Gasteiger partial charge in [0.25, 0.3) is 5.91 Å². The third-order valence-electron chi connectivity index (χ3n) is 6.14. The fraction of sp³-hybridized carbons (Fsp3) is 0.667. The van der Waals surface area contributed by atoms with E-state index in [0.717, 1.165) is 38.5 Å². The van der Waals surface area contributed by atoms with E-state index in [-0.39, 0.29) is 23.8 Å². The zero-order valence-corrected chi connectivity index (χ0v) is 19.7. The van der Waals surface area contributed by atoms with Crippen LogP contribution in [0, 0.1) is 11.8 Å². The molecule has 31 heavy (non-hydrogen) atoms. The first-order chi connectivity index (χ1) is 14.9. The smallest absolute Gasteiger partial charge is 0.254 e. The number of benzene rings is 1. The predicted molar refractivity (Wildman–Crippen MR) is 122 cm³/mol. The van der Waals surface area contributed by atoms with Gasteiger partial charge >= 0.3 is 0 Å². The summed E-state index contributed by atoms with van der Waals surface area (Å²) in [4.78, 5) is 27.4. The molecule has 1 saturated heterocycles. The van der Waals surface area contributed by atoms with E-state index in [0.29, 0.717) is 47.7 Å². The number of hydrogen-bond donors (Lipinski definition) is 1. The van der Waals surface area contributed by atoms with Gasteiger partial charge in [-0.1, -0.05) is 44.7 Å². The number of piperidine rings is 1. The summed E-state index contributed by atoms with van der Waals surface area (Å²) in [6, 6.07) is 3.49. The molecule has 2 aliphatic rings. The molecule has 7 heteroatoms. The SMILES string of the molecule is COc1cc(C(=O)N2CCC(NC(=O)C3CCCCC3)CC2)cc(Cl)c1OCC(C)C. The van der Waals surface area contributed by atoms with Crippen LogP contribution in [0.2, 0.25) is 5.02 Å². The maximum Gasteiger partial charge on any atom is 0.254 e. The monoisotopic (exact) mass is 450 g/mol. The van der Waals surface area contributed by atoms with E-state index in [1.165, 1.54) is 6.42 Å². The second-order valence-electron chi connectivity index (χ2n) is 9.10. The van der Waals surface area contributed by atoms with Crippen molar-refractivity contribution in [2.45, 2.75) is 64.8 Å². The first-order valence-corrected chi connectivity index (χ1v) is 11.9. The lowest BCUT2D eigenvalue weighted by Crippen LogP contribution is -2.48. The molecule has 1 aromatic rings. The van der Waals surface area contributed by atoms with Gasteiger partial charge in [-0.05, 0) is 43.7 Å². The molecule has 3 rings (SSSR count). The summed E-state index contributed by atoms with van der Waals surface area (Å²) < 4.78 is 11.2. The number of methoxy groups -OCH3 is 1. The molecule has 1 heterocycles. The second kappa shape index (κ2) is 11.1. The van der Waals surface area contributed by atoms with E-state index in [1.54, 1.807) is 19.2 Å². The van der Waals surface area contributed by atoms with Crippen LogP contribution in [0.1, 0.15) is 69.2 Å². The second-order valence-corrected chi connectivity index (χ2v) is 9.51. The molecule has 1 aliphatic carbocycles. The van der Waals surface area contributed by atoms with Gasteiger partial charge in [-0.2, -0.15) is 0 Å². The first-order valence-electron chi connectivity index (χ1n) is 11.5. The highest BCUT2D eigenvalue weighted by atomic mass is 35.5. The Labute approximate surface area is 190 Å². The van der Waals surface area contributed by atoms with Crippen LogP contribution in [0.3, 0.4) is 0 Å². The topological polar surface area (TPSA) is 67.9 Å². The quantitative estimate of drug-likeness (QED) is 0.654. The minimum absolute atomic E-state index is 0.0762. The average molecular weight is 451 g/mol. The summed E-state index contributed by atoms with van der Waals surface area (Å²) in [6.45, 7) is 5.85. The number of ether oxygens (including phenoxy) is 2. The molecule has 0 aromatic heterocycles. The molecule has 172 valence electrons. The molecule has 1 aromatic carbocycles. The Morgan fingerprint density at radius 2 is 1.81 bits per heavy atom. The van der Waals surface area contributed by atoms with E-state index in [4.69, 9.17) is 21.1 Å². The number of carbonyl (C=O) groups excluding carboxylic acids is 2. The van der Waals surface area contributed by atoms with Crippen molar-refractivity contribution in [2.24, 2.45) is 11.8 Å². The first kappa shape index (κ1) is 23.7. The van der Waals surface area contributed by atoms with Crippen molar-refractivity contribution in [3.8, 4) is 11.5 Å². The third kappa shape index (κ3) is 6.28. The molecule has 2 fully saturated rings. The van der Waals surface area contributed by atoms with Crippen molar-refractivity contribution in [3.63, 3.8) is 0 Å². The number of likely N-dealkylation sites (tertiary alicyclic amines) is 1. The van der Waals surface area contributed by atoms with Crippen molar-refractivity contribution < 1.29 is 19.1 Å². The Kier molecular flexibility index (Phi) is 8.47. The fourth-order valence-corrected chi connectivity index (χ4v) is 4.59. The Hall–Kier alpha value is -1.95. The number of amides is 2. The van der Waals surface area contributed by atoms with Crippen LogP contribution in [0.5, 0.6) is 11.5 Å². The van der Waals surface area contributed by atoms with E-state index in [2.05, 4.69) is 19.2 Å². The van der Waals surface area contributed by atoms with Gasteiger partial charge in [-0.15, -0.1) is 0 Å². The van der Waals surface area contributed by atoms with Crippen LogP contribution in [0.4, 0.5) is 0 Å². The lowest BCUT2D eigenvalue weighted by molar-refractivity contribution is -0.126. The third-order valence-corrected chi connectivity index (χ3v) is 6.42. The van der Waals surface area contributed by atoms with Crippen molar-refractivity contribution in [1.29, 1.82) is 0 Å². The van der Waals surface area contributed by atoms with Gasteiger partial charge in [0.15, 0.2) is 11.5 Å². The molecule has 6 nitrogen and oxygen atoms in total. The summed E-state index contributed by atoms with van der Waals surface area (Å²) in [5.41, 5.74) is 0.489. The van der Waals surface area contributed by atoms with Gasteiger partial charge in [0, 0.05) is 30.6 Å². The zero-order chi connectivity index (χ0) is 22.4. The highest BCUT2D eigenvalue weighted by molar-refractivity contribution is 6.32. The summed E-state index contributed by atoms with van der Waals surface area (Å²) in [6.07, 6.45) is 7.08. The van der Waals surface area contributed by atoms with Crippen LogP contribution < -0.4 is 14.8 Å². The molecule has 0 unspecified atom stereocenters. The van der Waals surface area contributed by atoms with Crippen LogP contribution in [0.25, 0.3) is 0 Å². The van der Waals surface area contributed by atoms with Gasteiger partial charge < -0.3 is 19.7 Å². The molecule has 1 aliphatic heterocycles. The Morgan fingerprint density at radius 1 is 1.13 bits per heavy atom. The number of nitrogens with one attached hydrogen (secondary N) is 1. The van der Waals surface area contributed by atoms with E-state index in [9.17, 15) is 9.59 Å². The Morgan fingerprint density at radius 3 is 2.42 bits per heavy atom. The van der Waals surface area contributed by atoms with Gasteiger partial charge in [-0.25, -0.2) is 0 Å². The molecule has 2 amide bonds. The minimum atomic E-state index is -0.0762. The number of carbonyl (C=O) groups is 2. The highest BCUT2D eigenvalue weighted by Crippen LogP contribution is 2.37. The maximum absolute atomic E-state index is 13.1. The molecule has 1 saturated carbocycles. The molecule has 0 atom stereocenters. The van der Waals surface area contributed by atoms with Gasteiger partial charge in [0.2, 0.25) is 5.91 Å². The molecule has 0 radical (unpaired) electrons. The molecule has 0 spiro atoms. The Bertz CT molecular complexity index is 769. The van der Waals surface area contributed by atoms with E-state index in [1.807, 2.05) is 4.90 Å². The minimum Gasteiger partial charge on any atom is -0.493 e. The largest absolute Gasteiger partial charge is 0.493 e. The molecular formula is C24H35ClN2O4. The summed E-state index contributed by atoms with van der Waals surface area (Å²) in [7, 11) is 1.54. The van der Waals surface area contributed by atoms with E-state index < -0.39 is 0 Å². The van der Waals surface area contributed by atoms with Crippen molar-refractivity contribution in [2.75, 3.05) is 26.8 Å². The highest BCUT2D eigenvalue weighted by Gasteiger charge is 2.28. The molecule has 0 bridgehead atoms. The predicted octanol–water partition coefficient (Wildman–Crippen LogP) is 4.68. The van der Waals surface area contributed by atoms with Crippen LogP contribution in [0.15, 0.2) is 12.1 Å². The molecular weight excluding hydrogens is 416 g/mol. The number of halogens is 1. The van der Waals surface area contributed by atoms with Gasteiger partial charge in [-0.3, -0.25) is 9.59 Å². The van der Waals surface area contributed by atoms with Crippen molar-refractivity contribution >= 4 is 23.4 Å². The number of nitrogens with zero attached hydrogens (tertiary/aromatic N) is 1. The Balaban J connectivity index is 1.57. The van der Waals surface area contributed by atoms with Crippen molar-refractivity contribution in [1.82, 2.24) is 10.2 Å². The maximum atomic E-state index is 13.1. The summed E-state index contributed by atoms with van der Waals surface area (Å²) in [5, 5.41) is 3.58. The van der Waals surface area contributed by atoms with Gasteiger partial charge in [0.05, 0.1) is 18.7 Å². The van der Waals surface area contributed by atoms with Crippen LogP contribution in [-0.4, -0.2) is 49.6 Å².